The van der Waals surface area contributed by atoms with Crippen LogP contribution in [0.4, 0.5) is 11.8 Å². The molecule has 0 bridgehead atoms. The third-order valence-corrected chi connectivity index (χ3v) is 4.13. The maximum Gasteiger partial charge on any atom is 0.263 e. The summed E-state index contributed by atoms with van der Waals surface area (Å²) >= 11 is 0. The summed E-state index contributed by atoms with van der Waals surface area (Å²) in [6.07, 6.45) is 4.41. The van der Waals surface area contributed by atoms with Crippen molar-refractivity contribution in [3.05, 3.63) is 24.5 Å². The summed E-state index contributed by atoms with van der Waals surface area (Å²) in [6, 6.07) is 2.15. The van der Waals surface area contributed by atoms with E-state index in [1.807, 2.05) is 26.8 Å². The number of aromatic nitrogens is 4. The van der Waals surface area contributed by atoms with Crippen LogP contribution in [0.25, 0.3) is 0 Å². The standard InChI is InChI=1S/C16H24N6O2/c1-16(2,3)14-20-15(21-24-14)18-8-11-7-12(23-4)9-22(11)13-5-6-17-10-19-13/h5-6,10-12H,7-9H2,1-4H3,(H,18,21)/t11-,12-/m1/s1. The molecule has 0 aliphatic carbocycles. The molecule has 130 valence electrons. The lowest BCUT2D eigenvalue weighted by molar-refractivity contribution is 0.118. The molecule has 2 aromatic heterocycles. The van der Waals surface area contributed by atoms with Gasteiger partial charge >= 0.3 is 0 Å². The average Bonchev–Trinajstić information content (AvgIpc) is 3.20. The van der Waals surface area contributed by atoms with Crippen LogP contribution in [0.3, 0.4) is 0 Å². The second kappa shape index (κ2) is 6.72. The highest BCUT2D eigenvalue weighted by molar-refractivity contribution is 5.41. The summed E-state index contributed by atoms with van der Waals surface area (Å²) in [5.74, 6) is 2.04. The SMILES string of the molecule is CO[C@@H]1C[C@H](CNc2noc(C(C)(C)C)n2)N(c2ccncn2)C1. The van der Waals surface area contributed by atoms with Crippen LogP contribution < -0.4 is 10.2 Å². The van der Waals surface area contributed by atoms with Crippen LogP contribution in [-0.4, -0.2) is 52.5 Å². The fourth-order valence-corrected chi connectivity index (χ4v) is 2.78. The molecular formula is C16H24N6O2. The Morgan fingerprint density at radius 3 is 2.88 bits per heavy atom. The van der Waals surface area contributed by atoms with Gasteiger partial charge in [-0.3, -0.25) is 0 Å². The lowest BCUT2D eigenvalue weighted by atomic mass is 9.97. The van der Waals surface area contributed by atoms with Gasteiger partial charge in [-0.25, -0.2) is 9.97 Å². The smallest absolute Gasteiger partial charge is 0.263 e. The Bertz CT molecular complexity index is 654. The topological polar surface area (TPSA) is 89.2 Å². The Hall–Kier alpha value is -2.22. The van der Waals surface area contributed by atoms with Crippen molar-refractivity contribution in [3.63, 3.8) is 0 Å². The van der Waals surface area contributed by atoms with E-state index in [2.05, 4.69) is 30.3 Å². The molecule has 8 heteroatoms. The minimum atomic E-state index is -0.158. The maximum atomic E-state index is 5.53. The van der Waals surface area contributed by atoms with Gasteiger partial charge in [-0.05, 0) is 17.6 Å². The molecule has 0 amide bonds. The van der Waals surface area contributed by atoms with Crippen LogP contribution in [0, 0.1) is 0 Å². The van der Waals surface area contributed by atoms with Crippen LogP contribution in [0.2, 0.25) is 0 Å². The van der Waals surface area contributed by atoms with E-state index in [1.54, 1.807) is 19.6 Å². The molecule has 0 aromatic carbocycles. The van der Waals surface area contributed by atoms with Crippen LogP contribution in [0.5, 0.6) is 0 Å². The molecule has 1 saturated heterocycles. The van der Waals surface area contributed by atoms with Gasteiger partial charge in [0.25, 0.3) is 5.95 Å². The Labute approximate surface area is 141 Å². The van der Waals surface area contributed by atoms with Crippen molar-refractivity contribution in [2.45, 2.75) is 44.8 Å². The van der Waals surface area contributed by atoms with Gasteiger partial charge in [-0.1, -0.05) is 20.8 Å². The molecule has 0 unspecified atom stereocenters. The van der Waals surface area contributed by atoms with Crippen molar-refractivity contribution >= 4 is 11.8 Å². The molecule has 8 nitrogen and oxygen atoms in total. The van der Waals surface area contributed by atoms with Gasteiger partial charge in [-0.15, -0.1) is 0 Å². The summed E-state index contributed by atoms with van der Waals surface area (Å²) in [6.45, 7) is 7.62. The van der Waals surface area contributed by atoms with Gasteiger partial charge in [0.1, 0.15) is 12.1 Å². The molecular weight excluding hydrogens is 308 g/mol. The third kappa shape index (κ3) is 3.64. The number of nitrogens with zero attached hydrogens (tertiary/aromatic N) is 5. The first-order valence-corrected chi connectivity index (χ1v) is 8.11. The van der Waals surface area contributed by atoms with Crippen molar-refractivity contribution in [1.82, 2.24) is 20.1 Å². The Kier molecular flexibility index (Phi) is 4.66. The highest BCUT2D eigenvalue weighted by Gasteiger charge is 2.33. The van der Waals surface area contributed by atoms with Gasteiger partial charge < -0.3 is 19.5 Å². The first-order valence-electron chi connectivity index (χ1n) is 8.11. The Balaban J connectivity index is 1.67. The summed E-state index contributed by atoms with van der Waals surface area (Å²) in [5, 5.41) is 7.27. The van der Waals surface area contributed by atoms with Crippen LogP contribution >= 0.6 is 0 Å². The molecule has 2 aromatic rings. The van der Waals surface area contributed by atoms with Crippen molar-refractivity contribution in [2.75, 3.05) is 30.4 Å². The van der Waals surface area contributed by atoms with Gasteiger partial charge in [0.2, 0.25) is 5.89 Å². The number of hydrogen-bond donors (Lipinski definition) is 1. The molecule has 3 heterocycles. The van der Waals surface area contributed by atoms with E-state index in [-0.39, 0.29) is 17.6 Å². The monoisotopic (exact) mass is 332 g/mol. The first kappa shape index (κ1) is 16.6. The minimum absolute atomic E-state index is 0.158. The van der Waals surface area contributed by atoms with Crippen LogP contribution in [-0.2, 0) is 10.2 Å². The largest absolute Gasteiger partial charge is 0.380 e. The van der Waals surface area contributed by atoms with Crippen LogP contribution in [0.15, 0.2) is 23.1 Å². The van der Waals surface area contributed by atoms with Crippen molar-refractivity contribution in [3.8, 4) is 0 Å². The number of hydrogen-bond acceptors (Lipinski definition) is 8. The molecule has 0 spiro atoms. The van der Waals surface area contributed by atoms with E-state index in [4.69, 9.17) is 9.26 Å². The lowest BCUT2D eigenvalue weighted by Crippen LogP contribution is -2.35. The predicted octanol–water partition coefficient (Wildman–Crippen LogP) is 1.86. The number of anilines is 2. The molecule has 2 atom stereocenters. The van der Waals surface area contributed by atoms with E-state index in [1.165, 1.54) is 0 Å². The summed E-state index contributed by atoms with van der Waals surface area (Å²) in [7, 11) is 1.74. The van der Waals surface area contributed by atoms with Gasteiger partial charge in [0.15, 0.2) is 0 Å². The minimum Gasteiger partial charge on any atom is -0.380 e. The van der Waals surface area contributed by atoms with E-state index < -0.39 is 0 Å². The molecule has 0 radical (unpaired) electrons. The van der Waals surface area contributed by atoms with Crippen molar-refractivity contribution < 1.29 is 9.26 Å². The average molecular weight is 332 g/mol. The van der Waals surface area contributed by atoms with Crippen molar-refractivity contribution in [1.29, 1.82) is 0 Å². The quantitative estimate of drug-likeness (QED) is 0.887. The first-order chi connectivity index (χ1) is 11.5. The molecule has 24 heavy (non-hydrogen) atoms. The predicted molar refractivity (Wildman–Crippen MR) is 90.1 cm³/mol. The summed E-state index contributed by atoms with van der Waals surface area (Å²) in [4.78, 5) is 15.0. The van der Waals surface area contributed by atoms with Gasteiger partial charge in [0, 0.05) is 31.8 Å². The highest BCUT2D eigenvalue weighted by Crippen LogP contribution is 2.26. The summed E-state index contributed by atoms with van der Waals surface area (Å²) in [5.41, 5.74) is -0.158. The zero-order valence-electron chi connectivity index (χ0n) is 14.6. The third-order valence-electron chi connectivity index (χ3n) is 4.13. The second-order valence-electron chi connectivity index (χ2n) is 7.02. The van der Waals surface area contributed by atoms with Crippen molar-refractivity contribution in [2.24, 2.45) is 0 Å². The molecule has 1 fully saturated rings. The highest BCUT2D eigenvalue weighted by atomic mass is 16.5. The van der Waals surface area contributed by atoms with Gasteiger partial charge in [0.05, 0.1) is 12.1 Å². The summed E-state index contributed by atoms with van der Waals surface area (Å²) < 4.78 is 10.8. The molecule has 1 aliphatic rings. The zero-order chi connectivity index (χ0) is 17.2. The Morgan fingerprint density at radius 1 is 1.42 bits per heavy atom. The van der Waals surface area contributed by atoms with E-state index in [0.717, 1.165) is 18.8 Å². The maximum absolute atomic E-state index is 5.53. The number of methoxy groups -OCH3 is 1. The number of nitrogens with one attached hydrogen (secondary N) is 1. The second-order valence-corrected chi connectivity index (χ2v) is 7.02. The molecule has 3 rings (SSSR count). The zero-order valence-corrected chi connectivity index (χ0v) is 14.6. The Morgan fingerprint density at radius 2 is 2.25 bits per heavy atom. The van der Waals surface area contributed by atoms with E-state index >= 15 is 0 Å². The van der Waals surface area contributed by atoms with E-state index in [9.17, 15) is 0 Å². The van der Waals surface area contributed by atoms with Crippen LogP contribution in [0.1, 0.15) is 33.1 Å². The number of rotatable bonds is 5. The fraction of sp³-hybridized carbons (Fsp3) is 0.625. The number of ether oxygens (including phenoxy) is 1. The molecule has 1 N–H and O–H groups in total. The lowest BCUT2D eigenvalue weighted by Gasteiger charge is -2.25. The fourth-order valence-electron chi connectivity index (χ4n) is 2.78. The van der Waals surface area contributed by atoms with E-state index in [0.29, 0.717) is 18.4 Å². The van der Waals surface area contributed by atoms with Gasteiger partial charge in [-0.2, -0.15) is 4.98 Å². The molecule has 0 saturated carbocycles. The normalized spacial score (nSPS) is 21.2. The molecule has 1 aliphatic heterocycles.